The largest absolute Gasteiger partial charge is 0.493 e. The number of benzene rings is 2. The number of nitrogens with zero attached hydrogens (tertiary/aromatic N) is 2. The van der Waals surface area contributed by atoms with Crippen molar-refractivity contribution in [1.82, 2.24) is 9.47 Å². The molecule has 0 spiro atoms. The highest BCUT2D eigenvalue weighted by molar-refractivity contribution is 5.92. The molecule has 0 N–H and O–H groups in total. The van der Waals surface area contributed by atoms with Crippen LogP contribution in [0, 0.1) is 0 Å². The second kappa shape index (κ2) is 8.22. The number of fused-ring (bicyclic) bond motifs is 2. The summed E-state index contributed by atoms with van der Waals surface area (Å²) in [7, 11) is 1.60. The molecule has 0 bridgehead atoms. The van der Waals surface area contributed by atoms with Crippen LogP contribution in [0.3, 0.4) is 0 Å². The number of hydrogen-bond acceptors (Lipinski definition) is 4. The van der Waals surface area contributed by atoms with Crippen LogP contribution in [-0.2, 0) is 11.3 Å². The van der Waals surface area contributed by atoms with E-state index < -0.39 is 0 Å². The molecule has 1 amide bonds. The van der Waals surface area contributed by atoms with E-state index in [1.54, 1.807) is 19.3 Å². The standard InChI is InChI=1S/C25H24N2O4/c1-29-21-16-18(17-22-25(21)31-15-14-30-22)9-10-23(28)27-13-12-26-11-5-8-20(26)24(27)19-6-3-2-4-7-19/h2-11,16-17,24H,12-15H2,1H3/b10-9+. The molecule has 31 heavy (non-hydrogen) atoms. The molecule has 0 fully saturated rings. The van der Waals surface area contributed by atoms with E-state index >= 15 is 0 Å². The molecule has 5 rings (SSSR count). The molecule has 6 nitrogen and oxygen atoms in total. The molecule has 0 saturated heterocycles. The van der Waals surface area contributed by atoms with Gasteiger partial charge >= 0.3 is 0 Å². The van der Waals surface area contributed by atoms with Gasteiger partial charge in [-0.2, -0.15) is 0 Å². The third-order valence-corrected chi connectivity index (χ3v) is 5.71. The fourth-order valence-corrected chi connectivity index (χ4v) is 4.26. The van der Waals surface area contributed by atoms with E-state index in [-0.39, 0.29) is 11.9 Å². The number of carbonyl (C=O) groups excluding carboxylic acids is 1. The van der Waals surface area contributed by atoms with Gasteiger partial charge in [0.1, 0.15) is 13.2 Å². The lowest BCUT2D eigenvalue weighted by Crippen LogP contribution is -2.41. The zero-order valence-electron chi connectivity index (χ0n) is 17.4. The summed E-state index contributed by atoms with van der Waals surface area (Å²) < 4.78 is 19.0. The van der Waals surface area contributed by atoms with E-state index in [1.165, 1.54) is 0 Å². The quantitative estimate of drug-likeness (QED) is 0.605. The van der Waals surface area contributed by atoms with Gasteiger partial charge < -0.3 is 23.7 Å². The average Bonchev–Trinajstić information content (AvgIpc) is 3.30. The SMILES string of the molecule is COc1cc(/C=C/C(=O)N2CCn3cccc3C2c2ccccc2)cc2c1OCCO2. The van der Waals surface area contributed by atoms with Crippen molar-refractivity contribution in [2.24, 2.45) is 0 Å². The Hall–Kier alpha value is -3.67. The number of hydrogen-bond donors (Lipinski definition) is 0. The predicted octanol–water partition coefficient (Wildman–Crippen LogP) is 3.91. The fraction of sp³-hybridized carbons (Fsp3) is 0.240. The maximum absolute atomic E-state index is 13.3. The first kappa shape index (κ1) is 19.3. The predicted molar refractivity (Wildman–Crippen MR) is 117 cm³/mol. The molecule has 2 aromatic carbocycles. The first-order valence-corrected chi connectivity index (χ1v) is 10.4. The van der Waals surface area contributed by atoms with Crippen molar-refractivity contribution >= 4 is 12.0 Å². The first-order chi connectivity index (χ1) is 15.2. The summed E-state index contributed by atoms with van der Waals surface area (Å²) in [6, 6.07) is 17.9. The van der Waals surface area contributed by atoms with Crippen molar-refractivity contribution in [3.05, 3.63) is 83.7 Å². The normalized spacial score (nSPS) is 17.5. The smallest absolute Gasteiger partial charge is 0.247 e. The van der Waals surface area contributed by atoms with Gasteiger partial charge in [0.15, 0.2) is 11.5 Å². The molecule has 0 radical (unpaired) electrons. The summed E-state index contributed by atoms with van der Waals surface area (Å²) in [4.78, 5) is 15.2. The molecule has 2 aliphatic rings. The fourth-order valence-electron chi connectivity index (χ4n) is 4.26. The number of amides is 1. The zero-order valence-corrected chi connectivity index (χ0v) is 17.4. The second-order valence-electron chi connectivity index (χ2n) is 7.55. The van der Waals surface area contributed by atoms with Gasteiger partial charge in [0, 0.05) is 31.1 Å². The Morgan fingerprint density at radius 2 is 1.90 bits per heavy atom. The highest BCUT2D eigenvalue weighted by atomic mass is 16.6. The van der Waals surface area contributed by atoms with Gasteiger partial charge in [0.2, 0.25) is 11.7 Å². The van der Waals surface area contributed by atoms with Gasteiger partial charge in [0.05, 0.1) is 13.2 Å². The lowest BCUT2D eigenvalue weighted by Gasteiger charge is -2.36. The van der Waals surface area contributed by atoms with Gasteiger partial charge in [-0.3, -0.25) is 4.79 Å². The summed E-state index contributed by atoms with van der Waals surface area (Å²) in [5.74, 6) is 1.81. The maximum Gasteiger partial charge on any atom is 0.247 e. The topological polar surface area (TPSA) is 52.9 Å². The summed E-state index contributed by atoms with van der Waals surface area (Å²) in [5, 5.41) is 0. The summed E-state index contributed by atoms with van der Waals surface area (Å²) in [6.45, 7) is 2.42. The third kappa shape index (κ3) is 3.65. The minimum absolute atomic E-state index is 0.0323. The molecular weight excluding hydrogens is 392 g/mol. The number of rotatable bonds is 4. The zero-order chi connectivity index (χ0) is 21.2. The second-order valence-corrected chi connectivity index (χ2v) is 7.55. The van der Waals surface area contributed by atoms with E-state index in [4.69, 9.17) is 14.2 Å². The van der Waals surface area contributed by atoms with E-state index in [1.807, 2.05) is 41.3 Å². The van der Waals surface area contributed by atoms with Crippen LogP contribution in [0.25, 0.3) is 6.08 Å². The van der Waals surface area contributed by atoms with Crippen LogP contribution in [0.5, 0.6) is 17.2 Å². The number of aromatic nitrogens is 1. The van der Waals surface area contributed by atoms with Crippen LogP contribution in [0.2, 0.25) is 0 Å². The van der Waals surface area contributed by atoms with Crippen LogP contribution in [-0.4, -0.2) is 42.2 Å². The Morgan fingerprint density at radius 3 is 2.74 bits per heavy atom. The molecule has 3 heterocycles. The van der Waals surface area contributed by atoms with Crippen LogP contribution >= 0.6 is 0 Å². The van der Waals surface area contributed by atoms with Gasteiger partial charge in [-0.1, -0.05) is 30.3 Å². The summed E-state index contributed by atoms with van der Waals surface area (Å²) in [5.41, 5.74) is 3.05. The number of methoxy groups -OCH3 is 1. The van der Waals surface area contributed by atoms with Crippen LogP contribution in [0.4, 0.5) is 0 Å². The Labute approximate surface area is 181 Å². The molecule has 158 valence electrons. The highest BCUT2D eigenvalue weighted by Crippen LogP contribution is 2.40. The molecular formula is C25H24N2O4. The number of carbonyl (C=O) groups is 1. The average molecular weight is 416 g/mol. The van der Waals surface area contributed by atoms with Crippen molar-refractivity contribution in [3.8, 4) is 17.2 Å². The van der Waals surface area contributed by atoms with Crippen molar-refractivity contribution in [3.63, 3.8) is 0 Å². The Kier molecular flexibility index (Phi) is 5.12. The molecule has 2 aliphatic heterocycles. The molecule has 1 aromatic heterocycles. The van der Waals surface area contributed by atoms with Gasteiger partial charge in [0.25, 0.3) is 0 Å². The third-order valence-electron chi connectivity index (χ3n) is 5.71. The van der Waals surface area contributed by atoms with Crippen molar-refractivity contribution < 1.29 is 19.0 Å². The molecule has 1 atom stereocenters. The van der Waals surface area contributed by atoms with E-state index in [9.17, 15) is 4.79 Å². The maximum atomic E-state index is 13.3. The Balaban J connectivity index is 1.44. The van der Waals surface area contributed by atoms with Crippen molar-refractivity contribution in [2.45, 2.75) is 12.6 Å². The highest BCUT2D eigenvalue weighted by Gasteiger charge is 2.31. The van der Waals surface area contributed by atoms with Gasteiger partial charge in [-0.05, 0) is 41.5 Å². The van der Waals surface area contributed by atoms with E-state index in [2.05, 4.69) is 29.0 Å². The van der Waals surface area contributed by atoms with Crippen molar-refractivity contribution in [2.75, 3.05) is 26.9 Å². The number of ether oxygens (including phenoxy) is 3. The molecule has 1 unspecified atom stereocenters. The lowest BCUT2D eigenvalue weighted by atomic mass is 9.99. The Bertz CT molecular complexity index is 1100. The van der Waals surface area contributed by atoms with E-state index in [0.717, 1.165) is 23.4 Å². The minimum atomic E-state index is -0.114. The van der Waals surface area contributed by atoms with Crippen molar-refractivity contribution in [1.29, 1.82) is 0 Å². The van der Waals surface area contributed by atoms with Gasteiger partial charge in [-0.15, -0.1) is 0 Å². The Morgan fingerprint density at radius 1 is 1.06 bits per heavy atom. The van der Waals surface area contributed by atoms with Gasteiger partial charge in [-0.25, -0.2) is 0 Å². The molecule has 0 aliphatic carbocycles. The molecule has 6 heteroatoms. The molecule has 3 aromatic rings. The lowest BCUT2D eigenvalue weighted by molar-refractivity contribution is -0.128. The monoisotopic (exact) mass is 416 g/mol. The first-order valence-electron chi connectivity index (χ1n) is 10.4. The minimum Gasteiger partial charge on any atom is -0.493 e. The van der Waals surface area contributed by atoms with E-state index in [0.29, 0.717) is 37.0 Å². The van der Waals surface area contributed by atoms with Crippen LogP contribution in [0.1, 0.15) is 22.9 Å². The summed E-state index contributed by atoms with van der Waals surface area (Å²) >= 11 is 0. The van der Waals surface area contributed by atoms with Crippen LogP contribution < -0.4 is 14.2 Å². The summed E-state index contributed by atoms with van der Waals surface area (Å²) in [6.07, 6.45) is 5.50. The molecule has 0 saturated carbocycles. The van der Waals surface area contributed by atoms with Crippen LogP contribution in [0.15, 0.2) is 66.9 Å².